The predicted octanol–water partition coefficient (Wildman–Crippen LogP) is 3.40. The molecule has 2 aromatic rings. The lowest BCUT2D eigenvalue weighted by molar-refractivity contribution is 0.557. The molecule has 5 N–H and O–H groups in total. The number of halogens is 1. The fraction of sp³-hybridized carbons (Fsp3) is 0.286. The molecule has 0 bridgehead atoms. The van der Waals surface area contributed by atoms with Crippen LogP contribution < -0.4 is 17.0 Å². The standard InChI is InChI=1S/C14H18BrN3S/c1-2-10-4-5-11(19-10)8-14(18-17)12-7-9(15)3-6-13(12)16/h3-7,14,18H,2,8,16-17H2,1H3. The first-order valence-corrected chi connectivity index (χ1v) is 7.83. The Kier molecular flexibility index (Phi) is 4.99. The van der Waals surface area contributed by atoms with Crippen molar-refractivity contribution >= 4 is 33.0 Å². The average molecular weight is 340 g/mol. The van der Waals surface area contributed by atoms with Gasteiger partial charge in [-0.3, -0.25) is 11.3 Å². The summed E-state index contributed by atoms with van der Waals surface area (Å²) in [6.07, 6.45) is 1.92. The van der Waals surface area contributed by atoms with Crippen molar-refractivity contribution in [3.8, 4) is 0 Å². The number of thiophene rings is 1. The molecule has 102 valence electrons. The molecule has 1 atom stereocenters. The summed E-state index contributed by atoms with van der Waals surface area (Å²) in [4.78, 5) is 2.71. The quantitative estimate of drug-likeness (QED) is 0.444. The fourth-order valence-electron chi connectivity index (χ4n) is 2.03. The number of rotatable bonds is 5. The van der Waals surface area contributed by atoms with E-state index in [0.717, 1.165) is 28.6 Å². The van der Waals surface area contributed by atoms with E-state index in [1.165, 1.54) is 9.75 Å². The molecular weight excluding hydrogens is 322 g/mol. The minimum Gasteiger partial charge on any atom is -0.398 e. The van der Waals surface area contributed by atoms with E-state index in [4.69, 9.17) is 11.6 Å². The lowest BCUT2D eigenvalue weighted by Gasteiger charge is -2.18. The summed E-state index contributed by atoms with van der Waals surface area (Å²) in [7, 11) is 0. The van der Waals surface area contributed by atoms with Crippen LogP contribution in [0.1, 0.15) is 28.3 Å². The SMILES string of the molecule is CCc1ccc(CC(NN)c2cc(Br)ccc2N)s1. The summed E-state index contributed by atoms with van der Waals surface area (Å²) < 4.78 is 1.01. The molecule has 1 unspecified atom stereocenters. The van der Waals surface area contributed by atoms with Crippen molar-refractivity contribution in [2.45, 2.75) is 25.8 Å². The van der Waals surface area contributed by atoms with Gasteiger partial charge in [0, 0.05) is 26.3 Å². The van der Waals surface area contributed by atoms with Crippen LogP contribution in [0, 0.1) is 0 Å². The van der Waals surface area contributed by atoms with E-state index in [9.17, 15) is 0 Å². The smallest absolute Gasteiger partial charge is 0.0528 e. The molecule has 0 fully saturated rings. The van der Waals surface area contributed by atoms with E-state index < -0.39 is 0 Å². The number of hydrazine groups is 1. The maximum atomic E-state index is 6.04. The van der Waals surface area contributed by atoms with Crippen LogP contribution in [0.25, 0.3) is 0 Å². The Morgan fingerprint density at radius 1 is 1.26 bits per heavy atom. The summed E-state index contributed by atoms with van der Waals surface area (Å²) in [5.41, 5.74) is 10.7. The van der Waals surface area contributed by atoms with E-state index in [0.29, 0.717) is 0 Å². The first-order valence-electron chi connectivity index (χ1n) is 6.22. The highest BCUT2D eigenvalue weighted by atomic mass is 79.9. The third kappa shape index (κ3) is 3.57. The molecule has 0 aliphatic carbocycles. The van der Waals surface area contributed by atoms with E-state index >= 15 is 0 Å². The highest BCUT2D eigenvalue weighted by molar-refractivity contribution is 9.10. The molecule has 0 spiro atoms. The number of anilines is 1. The molecule has 2 rings (SSSR count). The monoisotopic (exact) mass is 339 g/mol. The molecule has 19 heavy (non-hydrogen) atoms. The number of benzene rings is 1. The number of nitrogens with one attached hydrogen (secondary N) is 1. The van der Waals surface area contributed by atoms with Crippen molar-refractivity contribution in [2.75, 3.05) is 5.73 Å². The molecule has 0 saturated heterocycles. The maximum Gasteiger partial charge on any atom is 0.0528 e. The number of aryl methyl sites for hydroxylation is 1. The van der Waals surface area contributed by atoms with Gasteiger partial charge >= 0.3 is 0 Å². The molecule has 0 amide bonds. The first-order chi connectivity index (χ1) is 9.13. The summed E-state index contributed by atoms with van der Waals surface area (Å²) in [5, 5.41) is 0. The van der Waals surface area contributed by atoms with Crippen molar-refractivity contribution in [1.29, 1.82) is 0 Å². The molecule has 1 heterocycles. The van der Waals surface area contributed by atoms with Gasteiger partial charge in [0.25, 0.3) is 0 Å². The normalized spacial score (nSPS) is 12.6. The Labute approximate surface area is 126 Å². The maximum absolute atomic E-state index is 6.04. The van der Waals surface area contributed by atoms with Crippen LogP contribution in [0.4, 0.5) is 5.69 Å². The van der Waals surface area contributed by atoms with Crippen LogP contribution >= 0.6 is 27.3 Å². The Bertz CT molecular complexity index is 553. The highest BCUT2D eigenvalue weighted by Crippen LogP contribution is 2.29. The lowest BCUT2D eigenvalue weighted by atomic mass is 10.0. The Balaban J connectivity index is 2.22. The minimum atomic E-state index is 0.0286. The number of hydrogen-bond donors (Lipinski definition) is 3. The van der Waals surface area contributed by atoms with Crippen LogP contribution in [0.15, 0.2) is 34.8 Å². The largest absolute Gasteiger partial charge is 0.398 e. The van der Waals surface area contributed by atoms with Gasteiger partial charge in [-0.05, 0) is 42.3 Å². The van der Waals surface area contributed by atoms with Gasteiger partial charge in [0.15, 0.2) is 0 Å². The second kappa shape index (κ2) is 6.52. The molecular formula is C14H18BrN3S. The summed E-state index contributed by atoms with van der Waals surface area (Å²) in [5.74, 6) is 5.69. The molecule has 0 saturated carbocycles. The average Bonchev–Trinajstić information content (AvgIpc) is 2.87. The predicted molar refractivity (Wildman–Crippen MR) is 86.0 cm³/mol. The Hall–Kier alpha value is -0.880. The van der Waals surface area contributed by atoms with E-state index in [1.54, 1.807) is 0 Å². The molecule has 0 aliphatic rings. The van der Waals surface area contributed by atoms with Gasteiger partial charge < -0.3 is 5.73 Å². The van der Waals surface area contributed by atoms with E-state index in [2.05, 4.69) is 40.4 Å². The lowest BCUT2D eigenvalue weighted by Crippen LogP contribution is -2.30. The van der Waals surface area contributed by atoms with Gasteiger partial charge in [-0.2, -0.15) is 0 Å². The molecule has 3 nitrogen and oxygen atoms in total. The zero-order valence-electron chi connectivity index (χ0n) is 10.8. The second-order valence-electron chi connectivity index (χ2n) is 4.42. The van der Waals surface area contributed by atoms with Gasteiger partial charge in [-0.25, -0.2) is 0 Å². The van der Waals surface area contributed by atoms with Gasteiger partial charge in [0.1, 0.15) is 0 Å². The number of hydrogen-bond acceptors (Lipinski definition) is 4. The molecule has 1 aromatic carbocycles. The van der Waals surface area contributed by atoms with Gasteiger partial charge in [0.2, 0.25) is 0 Å². The zero-order chi connectivity index (χ0) is 13.8. The van der Waals surface area contributed by atoms with Crippen LogP contribution in [0.5, 0.6) is 0 Å². The number of nitrogen functional groups attached to an aromatic ring is 1. The highest BCUT2D eigenvalue weighted by Gasteiger charge is 2.15. The van der Waals surface area contributed by atoms with Crippen molar-refractivity contribution in [2.24, 2.45) is 5.84 Å². The van der Waals surface area contributed by atoms with Gasteiger partial charge in [-0.1, -0.05) is 22.9 Å². The van der Waals surface area contributed by atoms with Gasteiger partial charge in [0.05, 0.1) is 6.04 Å². The summed E-state index contributed by atoms with van der Waals surface area (Å²) in [6.45, 7) is 2.17. The van der Waals surface area contributed by atoms with Crippen molar-refractivity contribution in [3.05, 3.63) is 50.1 Å². The minimum absolute atomic E-state index is 0.0286. The molecule has 0 aliphatic heterocycles. The Morgan fingerprint density at radius 3 is 2.63 bits per heavy atom. The first kappa shape index (κ1) is 14.5. The van der Waals surface area contributed by atoms with Gasteiger partial charge in [-0.15, -0.1) is 11.3 Å². The molecule has 0 radical (unpaired) electrons. The van der Waals surface area contributed by atoms with Crippen LogP contribution in [-0.4, -0.2) is 0 Å². The number of nitrogens with two attached hydrogens (primary N) is 2. The van der Waals surface area contributed by atoms with Crippen molar-refractivity contribution < 1.29 is 0 Å². The third-order valence-electron chi connectivity index (χ3n) is 3.10. The van der Waals surface area contributed by atoms with Crippen LogP contribution in [0.3, 0.4) is 0 Å². The van der Waals surface area contributed by atoms with E-state index in [-0.39, 0.29) is 6.04 Å². The van der Waals surface area contributed by atoms with E-state index in [1.807, 2.05) is 29.5 Å². The second-order valence-corrected chi connectivity index (χ2v) is 6.59. The third-order valence-corrected chi connectivity index (χ3v) is 4.84. The topological polar surface area (TPSA) is 64.1 Å². The summed E-state index contributed by atoms with van der Waals surface area (Å²) in [6, 6.07) is 10.2. The van der Waals surface area contributed by atoms with Crippen LogP contribution in [0.2, 0.25) is 0 Å². The molecule has 1 aromatic heterocycles. The fourth-order valence-corrected chi connectivity index (χ4v) is 3.41. The molecule has 5 heteroatoms. The van der Waals surface area contributed by atoms with Crippen LogP contribution in [-0.2, 0) is 12.8 Å². The zero-order valence-corrected chi connectivity index (χ0v) is 13.2. The van der Waals surface area contributed by atoms with Crippen molar-refractivity contribution in [1.82, 2.24) is 5.43 Å². The van der Waals surface area contributed by atoms with Crippen molar-refractivity contribution in [3.63, 3.8) is 0 Å². The summed E-state index contributed by atoms with van der Waals surface area (Å²) >= 11 is 5.31. The Morgan fingerprint density at radius 2 is 2.00 bits per heavy atom.